The van der Waals surface area contributed by atoms with Crippen LogP contribution in [-0.2, 0) is 24.3 Å². The second-order valence-electron chi connectivity index (χ2n) is 9.16. The number of rotatable bonds is 7. The molecule has 0 unspecified atom stereocenters. The number of amides is 2. The molecule has 3 heterocycles. The first kappa shape index (κ1) is 24.1. The van der Waals surface area contributed by atoms with Gasteiger partial charge in [-0.2, -0.15) is 0 Å². The molecule has 0 radical (unpaired) electrons. The highest BCUT2D eigenvalue weighted by molar-refractivity contribution is 6.12. The van der Waals surface area contributed by atoms with Crippen LogP contribution in [-0.4, -0.2) is 49.4 Å². The Hall–Kier alpha value is -4.66. The summed E-state index contributed by atoms with van der Waals surface area (Å²) in [5.41, 5.74) is 5.83. The second-order valence-corrected chi connectivity index (χ2v) is 9.16. The zero-order valence-corrected chi connectivity index (χ0v) is 20.1. The molecule has 1 aromatic heterocycles. The maximum atomic E-state index is 13.9. The average Bonchev–Trinajstić information content (AvgIpc) is 3.28. The van der Waals surface area contributed by atoms with Crippen LogP contribution in [0.4, 0.5) is 4.79 Å². The van der Waals surface area contributed by atoms with Gasteiger partial charge in [-0.25, -0.2) is 10.2 Å². The monoisotopic (exact) mass is 498 g/mol. The lowest BCUT2D eigenvalue weighted by Crippen LogP contribution is -2.44. The van der Waals surface area contributed by atoms with E-state index >= 15 is 0 Å². The van der Waals surface area contributed by atoms with Crippen LogP contribution in [0.5, 0.6) is 0 Å². The maximum Gasteiger partial charge on any atom is 0.423 e. The minimum absolute atomic E-state index is 0.0272. The van der Waals surface area contributed by atoms with Crippen LogP contribution in [0.15, 0.2) is 72.6 Å². The first-order valence-electron chi connectivity index (χ1n) is 12.0. The Morgan fingerprint density at radius 3 is 2.51 bits per heavy atom. The molecule has 3 N–H and O–H groups in total. The molecule has 2 amide bonds. The molecule has 0 bridgehead atoms. The Labute approximate surface area is 213 Å². The van der Waals surface area contributed by atoms with Crippen molar-refractivity contribution in [2.24, 2.45) is 0 Å². The standard InChI is InChI=1S/C28H26N4O5/c33-23-9-5-11-31(23)16-20-13-19(12-18-6-2-1-3-7-18)14-22(15-20)26(34)25-27(35)24-21(8-4-10-29-24)17-32(25)30-28(36)37/h1-4,6-8,10,13-15,30,35H,5,9,11-12,16-17H2,(H,36,37). The van der Waals surface area contributed by atoms with Gasteiger partial charge in [0.25, 0.3) is 0 Å². The third kappa shape index (κ3) is 5.16. The SMILES string of the molecule is O=C(O)NN1Cc2cccnc2C(O)=C1C(=O)c1cc(Cc2ccccc2)cc(CN2CCCC2=O)c1. The highest BCUT2D eigenvalue weighted by Gasteiger charge is 2.32. The molecule has 0 saturated carbocycles. The summed E-state index contributed by atoms with van der Waals surface area (Å²) in [6.45, 7) is 1.06. The van der Waals surface area contributed by atoms with Gasteiger partial charge in [0.1, 0.15) is 11.4 Å². The summed E-state index contributed by atoms with van der Waals surface area (Å²) >= 11 is 0. The van der Waals surface area contributed by atoms with Gasteiger partial charge in [0, 0.05) is 36.8 Å². The molecule has 0 atom stereocenters. The lowest BCUT2D eigenvalue weighted by molar-refractivity contribution is -0.128. The molecule has 9 heteroatoms. The van der Waals surface area contributed by atoms with Gasteiger partial charge in [-0.15, -0.1) is 0 Å². The quantitative estimate of drug-likeness (QED) is 0.422. The molecule has 9 nitrogen and oxygen atoms in total. The Bertz CT molecular complexity index is 1400. The summed E-state index contributed by atoms with van der Waals surface area (Å²) in [5, 5.41) is 21.6. The number of hydrazine groups is 1. The van der Waals surface area contributed by atoms with Gasteiger partial charge in [0.05, 0.1) is 6.54 Å². The van der Waals surface area contributed by atoms with E-state index < -0.39 is 17.6 Å². The van der Waals surface area contributed by atoms with Gasteiger partial charge in [-0.05, 0) is 47.7 Å². The smallest absolute Gasteiger partial charge is 0.423 e. The Morgan fingerprint density at radius 1 is 1.00 bits per heavy atom. The van der Waals surface area contributed by atoms with E-state index in [1.165, 1.54) is 6.20 Å². The number of hydrogen-bond donors (Lipinski definition) is 3. The van der Waals surface area contributed by atoms with E-state index in [1.807, 2.05) is 36.4 Å². The van der Waals surface area contributed by atoms with Gasteiger partial charge in [-0.1, -0.05) is 42.5 Å². The number of allylic oxidation sites excluding steroid dienone is 1. The van der Waals surface area contributed by atoms with Gasteiger partial charge in [0.15, 0.2) is 5.76 Å². The molecule has 37 heavy (non-hydrogen) atoms. The molecule has 0 aliphatic carbocycles. The molecule has 2 aliphatic heterocycles. The van der Waals surface area contributed by atoms with Crippen LogP contribution < -0.4 is 5.43 Å². The van der Waals surface area contributed by atoms with Crippen molar-refractivity contribution in [3.63, 3.8) is 0 Å². The number of aromatic nitrogens is 1. The summed E-state index contributed by atoms with van der Waals surface area (Å²) < 4.78 is 0. The first-order chi connectivity index (χ1) is 17.9. The maximum absolute atomic E-state index is 13.9. The van der Waals surface area contributed by atoms with E-state index in [0.29, 0.717) is 31.5 Å². The lowest BCUT2D eigenvalue weighted by Gasteiger charge is -2.31. The van der Waals surface area contributed by atoms with Gasteiger partial charge in [0.2, 0.25) is 11.7 Å². The predicted molar refractivity (Wildman–Crippen MR) is 135 cm³/mol. The third-order valence-electron chi connectivity index (χ3n) is 6.49. The largest absolute Gasteiger partial charge is 0.504 e. The number of aliphatic hydroxyl groups is 1. The first-order valence-corrected chi connectivity index (χ1v) is 12.0. The number of fused-ring (bicyclic) bond motifs is 1. The highest BCUT2D eigenvalue weighted by Crippen LogP contribution is 2.30. The third-order valence-corrected chi connectivity index (χ3v) is 6.49. The summed E-state index contributed by atoms with van der Waals surface area (Å²) in [7, 11) is 0. The summed E-state index contributed by atoms with van der Waals surface area (Å²) in [5.74, 6) is -0.870. The summed E-state index contributed by atoms with van der Waals surface area (Å²) in [6, 6.07) is 18.6. The molecular weight excluding hydrogens is 472 g/mol. The number of nitrogens with one attached hydrogen (secondary N) is 1. The van der Waals surface area contributed by atoms with E-state index in [9.17, 15) is 24.6 Å². The Kier molecular flexibility index (Phi) is 6.59. The van der Waals surface area contributed by atoms with Crippen LogP contribution in [0.1, 0.15) is 51.1 Å². The number of carbonyl (C=O) groups is 3. The molecule has 0 spiro atoms. The van der Waals surface area contributed by atoms with E-state index in [2.05, 4.69) is 10.4 Å². The van der Waals surface area contributed by atoms with Gasteiger partial charge in [-0.3, -0.25) is 19.6 Å². The fraction of sp³-hybridized carbons (Fsp3) is 0.214. The van der Waals surface area contributed by atoms with Crippen molar-refractivity contribution in [3.05, 3.63) is 106 Å². The number of ketones is 1. The molecule has 2 aromatic carbocycles. The highest BCUT2D eigenvalue weighted by atomic mass is 16.4. The number of likely N-dealkylation sites (tertiary alicyclic amines) is 1. The molecule has 2 aliphatic rings. The van der Waals surface area contributed by atoms with Crippen molar-refractivity contribution < 1.29 is 24.6 Å². The Balaban J connectivity index is 1.57. The molecule has 3 aromatic rings. The number of hydrogen-bond acceptors (Lipinski definition) is 6. The van der Waals surface area contributed by atoms with Crippen molar-refractivity contribution >= 4 is 23.5 Å². The van der Waals surface area contributed by atoms with E-state index in [-0.39, 0.29) is 29.4 Å². The molecule has 1 saturated heterocycles. The number of carbonyl (C=O) groups excluding carboxylic acids is 2. The van der Waals surface area contributed by atoms with Crippen LogP contribution in [0, 0.1) is 0 Å². The van der Waals surface area contributed by atoms with Crippen molar-refractivity contribution in [1.82, 2.24) is 20.3 Å². The van der Waals surface area contributed by atoms with Crippen molar-refractivity contribution in [2.45, 2.75) is 32.4 Å². The summed E-state index contributed by atoms with van der Waals surface area (Å²) in [4.78, 5) is 43.6. The van der Waals surface area contributed by atoms with Crippen LogP contribution >= 0.6 is 0 Å². The lowest BCUT2D eigenvalue weighted by atomic mass is 9.95. The molecule has 5 rings (SSSR count). The summed E-state index contributed by atoms with van der Waals surface area (Å²) in [6.07, 6.45) is 2.02. The number of pyridine rings is 1. The van der Waals surface area contributed by atoms with Gasteiger partial charge < -0.3 is 15.1 Å². The van der Waals surface area contributed by atoms with Crippen molar-refractivity contribution in [2.75, 3.05) is 6.54 Å². The van der Waals surface area contributed by atoms with E-state index in [1.54, 1.807) is 29.2 Å². The number of carboxylic acid groups (broad SMARTS) is 1. The minimum Gasteiger partial charge on any atom is -0.504 e. The fourth-order valence-electron chi connectivity index (χ4n) is 4.86. The van der Waals surface area contributed by atoms with Crippen LogP contribution in [0.25, 0.3) is 5.76 Å². The Morgan fingerprint density at radius 2 is 1.78 bits per heavy atom. The molecule has 1 fully saturated rings. The van der Waals surface area contributed by atoms with Gasteiger partial charge >= 0.3 is 6.09 Å². The average molecular weight is 499 g/mol. The molecular formula is C28H26N4O5. The zero-order chi connectivity index (χ0) is 25.9. The van der Waals surface area contributed by atoms with E-state index in [0.717, 1.165) is 28.1 Å². The number of Topliss-reactive ketones (excluding diaryl/α,β-unsaturated/α-hetero) is 1. The molecule has 188 valence electrons. The van der Waals surface area contributed by atoms with Crippen molar-refractivity contribution in [1.29, 1.82) is 0 Å². The number of benzene rings is 2. The van der Waals surface area contributed by atoms with E-state index in [4.69, 9.17) is 0 Å². The minimum atomic E-state index is -1.36. The second kappa shape index (κ2) is 10.1. The van der Waals surface area contributed by atoms with Crippen LogP contribution in [0.3, 0.4) is 0 Å². The van der Waals surface area contributed by atoms with Crippen LogP contribution in [0.2, 0.25) is 0 Å². The topological polar surface area (TPSA) is 123 Å². The number of nitrogens with zero attached hydrogens (tertiary/aromatic N) is 3. The predicted octanol–water partition coefficient (Wildman–Crippen LogP) is 3.90. The van der Waals surface area contributed by atoms with Crippen molar-refractivity contribution in [3.8, 4) is 0 Å². The zero-order valence-electron chi connectivity index (χ0n) is 20.1. The fourth-order valence-corrected chi connectivity index (χ4v) is 4.86. The normalized spacial score (nSPS) is 15.1. The number of aliphatic hydroxyl groups excluding tert-OH is 1.